The molecule has 1 aliphatic rings. The minimum Gasteiger partial charge on any atom is -0.321 e. The van der Waals surface area contributed by atoms with E-state index in [2.05, 4.69) is 5.32 Å². The van der Waals surface area contributed by atoms with Crippen LogP contribution in [0.3, 0.4) is 0 Å². The van der Waals surface area contributed by atoms with Crippen molar-refractivity contribution in [1.82, 2.24) is 0 Å². The van der Waals surface area contributed by atoms with Crippen LogP contribution >= 0.6 is 23.4 Å². The minimum absolute atomic E-state index is 0.204. The maximum absolute atomic E-state index is 13.5. The first kappa shape index (κ1) is 23.6. The van der Waals surface area contributed by atoms with Crippen molar-refractivity contribution in [1.29, 1.82) is 5.26 Å². The van der Waals surface area contributed by atoms with Crippen molar-refractivity contribution < 1.29 is 14.0 Å². The zero-order chi connectivity index (χ0) is 24.2. The van der Waals surface area contributed by atoms with Gasteiger partial charge in [-0.1, -0.05) is 59.3 Å². The van der Waals surface area contributed by atoms with Gasteiger partial charge in [-0.2, -0.15) is 5.26 Å². The number of anilines is 2. The van der Waals surface area contributed by atoms with Crippen molar-refractivity contribution in [3.05, 3.63) is 105 Å². The summed E-state index contributed by atoms with van der Waals surface area (Å²) in [6.07, 6.45) is 0.341. The molecule has 0 aromatic heterocycles. The van der Waals surface area contributed by atoms with Crippen LogP contribution in [-0.4, -0.2) is 17.1 Å². The highest BCUT2D eigenvalue weighted by molar-refractivity contribution is 8.05. The standard InChI is InChI=1S/C26H19ClFN3O2S/c1-16-6-12-20(13-7-16)31-25(33)23(14-17-4-2-3-5-22(17)27)34-26(31)21(15-29)24(32)30-19-10-8-18(28)9-11-19/h2-13,23H,14H2,1H3,(H,30,32)/b26-21+/t23-/m0/s1. The van der Waals surface area contributed by atoms with Gasteiger partial charge in [-0.3, -0.25) is 14.5 Å². The van der Waals surface area contributed by atoms with Crippen LogP contribution in [0, 0.1) is 24.1 Å². The fourth-order valence-corrected chi connectivity index (χ4v) is 5.01. The predicted molar refractivity (Wildman–Crippen MR) is 133 cm³/mol. The molecule has 1 N–H and O–H groups in total. The maximum Gasteiger partial charge on any atom is 0.269 e. The lowest BCUT2D eigenvalue weighted by molar-refractivity contribution is -0.117. The summed E-state index contributed by atoms with van der Waals surface area (Å²) >= 11 is 7.47. The van der Waals surface area contributed by atoms with Crippen LogP contribution in [0.4, 0.5) is 15.8 Å². The van der Waals surface area contributed by atoms with E-state index in [1.807, 2.05) is 43.3 Å². The summed E-state index contributed by atoms with van der Waals surface area (Å²) in [4.78, 5) is 27.9. The smallest absolute Gasteiger partial charge is 0.269 e. The van der Waals surface area contributed by atoms with Crippen LogP contribution in [0.25, 0.3) is 0 Å². The lowest BCUT2D eigenvalue weighted by Gasteiger charge is -2.19. The molecule has 5 nitrogen and oxygen atoms in total. The first-order chi connectivity index (χ1) is 16.4. The number of nitrogens with one attached hydrogen (secondary N) is 1. The van der Waals surface area contributed by atoms with E-state index < -0.39 is 17.0 Å². The second-order valence-electron chi connectivity index (χ2n) is 7.66. The van der Waals surface area contributed by atoms with Crippen LogP contribution in [0.2, 0.25) is 5.02 Å². The number of nitrogens with zero attached hydrogens (tertiary/aromatic N) is 2. The third kappa shape index (κ3) is 4.98. The number of hydrogen-bond donors (Lipinski definition) is 1. The SMILES string of the molecule is Cc1ccc(N2C(=O)[C@H](Cc3ccccc3Cl)S/C2=C(\C#N)C(=O)Nc2ccc(F)cc2)cc1. The Morgan fingerprint density at radius 3 is 2.44 bits per heavy atom. The van der Waals surface area contributed by atoms with Gasteiger partial charge in [0.15, 0.2) is 0 Å². The van der Waals surface area contributed by atoms with E-state index in [0.717, 1.165) is 22.9 Å². The van der Waals surface area contributed by atoms with E-state index in [-0.39, 0.29) is 16.5 Å². The van der Waals surface area contributed by atoms with Gasteiger partial charge in [0, 0.05) is 16.4 Å². The van der Waals surface area contributed by atoms with E-state index in [4.69, 9.17) is 11.6 Å². The van der Waals surface area contributed by atoms with E-state index >= 15 is 0 Å². The van der Waals surface area contributed by atoms with Gasteiger partial charge in [0.1, 0.15) is 22.5 Å². The summed E-state index contributed by atoms with van der Waals surface area (Å²) in [5, 5.41) is 12.7. The van der Waals surface area contributed by atoms with E-state index in [1.165, 1.54) is 29.2 Å². The second kappa shape index (κ2) is 10.1. The topological polar surface area (TPSA) is 73.2 Å². The van der Waals surface area contributed by atoms with E-state index in [0.29, 0.717) is 22.8 Å². The van der Waals surface area contributed by atoms with Gasteiger partial charge in [0.25, 0.3) is 5.91 Å². The zero-order valence-electron chi connectivity index (χ0n) is 18.1. The number of halogens is 2. The highest BCUT2D eigenvalue weighted by atomic mass is 35.5. The number of carbonyl (C=O) groups excluding carboxylic acids is 2. The first-order valence-corrected chi connectivity index (χ1v) is 11.6. The molecule has 34 heavy (non-hydrogen) atoms. The monoisotopic (exact) mass is 491 g/mol. The Labute approximate surface area is 205 Å². The van der Waals surface area contributed by atoms with E-state index in [1.54, 1.807) is 18.2 Å². The molecular weight excluding hydrogens is 473 g/mol. The summed E-state index contributed by atoms with van der Waals surface area (Å²) < 4.78 is 13.2. The van der Waals surface area contributed by atoms with Gasteiger partial charge in [0.2, 0.25) is 5.91 Å². The van der Waals surface area contributed by atoms with Crippen molar-refractivity contribution in [2.24, 2.45) is 0 Å². The molecule has 4 rings (SSSR count). The third-order valence-electron chi connectivity index (χ3n) is 5.26. The Kier molecular flexibility index (Phi) is 7.01. The highest BCUT2D eigenvalue weighted by Gasteiger charge is 2.41. The molecule has 1 saturated heterocycles. The molecular formula is C26H19ClFN3O2S. The molecule has 170 valence electrons. The lowest BCUT2D eigenvalue weighted by atomic mass is 10.1. The van der Waals surface area contributed by atoms with E-state index in [9.17, 15) is 19.2 Å². The van der Waals surface area contributed by atoms with Crippen LogP contribution in [-0.2, 0) is 16.0 Å². The molecule has 0 spiro atoms. The lowest BCUT2D eigenvalue weighted by Crippen LogP contribution is -2.31. The summed E-state index contributed by atoms with van der Waals surface area (Å²) in [6, 6.07) is 21.7. The molecule has 1 heterocycles. The number of nitriles is 1. The van der Waals surface area contributed by atoms with Gasteiger partial charge in [-0.05, 0) is 61.4 Å². The molecule has 8 heteroatoms. The van der Waals surface area contributed by atoms with Gasteiger partial charge < -0.3 is 5.32 Å². The summed E-state index contributed by atoms with van der Waals surface area (Å²) in [5.74, 6) is -1.37. The number of amides is 2. The normalized spacial score (nSPS) is 16.8. The molecule has 1 fully saturated rings. The van der Waals surface area contributed by atoms with Gasteiger partial charge in [-0.15, -0.1) is 0 Å². The summed E-state index contributed by atoms with van der Waals surface area (Å²) in [7, 11) is 0. The zero-order valence-corrected chi connectivity index (χ0v) is 19.7. The van der Waals surface area contributed by atoms with Crippen LogP contribution in [0.15, 0.2) is 83.4 Å². The highest BCUT2D eigenvalue weighted by Crippen LogP contribution is 2.42. The minimum atomic E-state index is -0.681. The predicted octanol–water partition coefficient (Wildman–Crippen LogP) is 5.85. The first-order valence-electron chi connectivity index (χ1n) is 10.4. The largest absolute Gasteiger partial charge is 0.321 e. The number of aryl methyl sites for hydroxylation is 1. The molecule has 0 unspecified atom stereocenters. The molecule has 0 radical (unpaired) electrons. The van der Waals surface area contributed by atoms with Crippen molar-refractivity contribution >= 4 is 46.6 Å². The van der Waals surface area contributed by atoms with Gasteiger partial charge >= 0.3 is 0 Å². The van der Waals surface area contributed by atoms with Crippen molar-refractivity contribution in [2.75, 3.05) is 10.2 Å². The Bertz CT molecular complexity index is 1320. The molecule has 0 saturated carbocycles. The Morgan fingerprint density at radius 2 is 1.79 bits per heavy atom. The van der Waals surface area contributed by atoms with Crippen molar-refractivity contribution in [3.8, 4) is 6.07 Å². The molecule has 2 amide bonds. The van der Waals surface area contributed by atoms with Crippen LogP contribution in [0.5, 0.6) is 0 Å². The molecule has 1 atom stereocenters. The average Bonchev–Trinajstić information content (AvgIpc) is 3.13. The molecule has 3 aromatic rings. The van der Waals surface area contributed by atoms with Crippen LogP contribution in [0.1, 0.15) is 11.1 Å². The molecule has 0 aliphatic carbocycles. The second-order valence-corrected chi connectivity index (χ2v) is 9.26. The maximum atomic E-state index is 13.5. The van der Waals surface area contributed by atoms with Gasteiger partial charge in [0.05, 0.1) is 5.25 Å². The summed E-state index contributed by atoms with van der Waals surface area (Å²) in [6.45, 7) is 1.93. The van der Waals surface area contributed by atoms with Crippen LogP contribution < -0.4 is 10.2 Å². The number of thioether (sulfide) groups is 1. The Hall–Kier alpha value is -3.60. The molecule has 1 aliphatic heterocycles. The number of rotatable bonds is 5. The number of hydrogen-bond acceptors (Lipinski definition) is 4. The Balaban J connectivity index is 1.73. The fourth-order valence-electron chi connectivity index (χ4n) is 3.51. The summed E-state index contributed by atoms with van der Waals surface area (Å²) in [5.41, 5.74) is 2.50. The average molecular weight is 492 g/mol. The van der Waals surface area contributed by atoms with Gasteiger partial charge in [-0.25, -0.2) is 4.39 Å². The van der Waals surface area contributed by atoms with Crippen molar-refractivity contribution in [2.45, 2.75) is 18.6 Å². The molecule has 0 bridgehead atoms. The van der Waals surface area contributed by atoms with Crippen molar-refractivity contribution in [3.63, 3.8) is 0 Å². The molecule has 3 aromatic carbocycles. The quantitative estimate of drug-likeness (QED) is 0.359. The number of benzene rings is 3. The Morgan fingerprint density at radius 1 is 1.12 bits per heavy atom. The number of carbonyl (C=O) groups is 2. The third-order valence-corrected chi connectivity index (χ3v) is 6.89. The fraction of sp³-hybridized carbons (Fsp3) is 0.115.